The Bertz CT molecular complexity index is 274. The van der Waals surface area contributed by atoms with Crippen molar-refractivity contribution >= 4 is 21.5 Å². The lowest BCUT2D eigenvalue weighted by Gasteiger charge is -2.20. The van der Waals surface area contributed by atoms with E-state index in [4.69, 9.17) is 0 Å². The largest absolute Gasteiger partial charge is 0.0842 e. The minimum absolute atomic E-state index is 0.609. The summed E-state index contributed by atoms with van der Waals surface area (Å²) in [5.74, 6) is 0. The van der Waals surface area contributed by atoms with Crippen molar-refractivity contribution < 1.29 is 0 Å². The Balaban J connectivity index is 2.26. The zero-order valence-electron chi connectivity index (χ0n) is 6.13. The summed E-state index contributed by atoms with van der Waals surface area (Å²) < 4.78 is 0. The van der Waals surface area contributed by atoms with Gasteiger partial charge in [0.2, 0.25) is 0 Å². The minimum Gasteiger partial charge on any atom is -0.0842 e. The molecule has 1 aliphatic carbocycles. The monoisotopic (exact) mass is 208 g/mol. The molecule has 1 aromatic rings. The number of allylic oxidation sites excluding steroid dienone is 2. The normalized spacial score (nSPS) is 22.3. The third-order valence-corrected chi connectivity index (χ3v) is 2.53. The number of benzene rings is 1. The summed E-state index contributed by atoms with van der Waals surface area (Å²) in [4.78, 5) is 0.609. The van der Waals surface area contributed by atoms with Crippen LogP contribution in [0.15, 0.2) is 36.4 Å². The van der Waals surface area contributed by atoms with Gasteiger partial charge in [-0.1, -0.05) is 52.3 Å². The number of hydrogen-bond donors (Lipinski definition) is 0. The van der Waals surface area contributed by atoms with E-state index in [2.05, 4.69) is 46.3 Å². The first-order chi connectivity index (χ1) is 5.36. The molecule has 2 rings (SSSR count). The van der Waals surface area contributed by atoms with Gasteiger partial charge >= 0.3 is 0 Å². The van der Waals surface area contributed by atoms with Crippen LogP contribution in [-0.4, -0.2) is 4.83 Å². The highest BCUT2D eigenvalue weighted by Gasteiger charge is 2.16. The van der Waals surface area contributed by atoms with Gasteiger partial charge in [0.25, 0.3) is 0 Å². The van der Waals surface area contributed by atoms with Crippen molar-refractivity contribution in [1.29, 1.82) is 0 Å². The predicted octanol–water partition coefficient (Wildman–Crippen LogP) is 3.24. The third kappa shape index (κ3) is 1.38. The van der Waals surface area contributed by atoms with Crippen LogP contribution in [0.5, 0.6) is 0 Å². The second-order valence-corrected chi connectivity index (χ2v) is 3.95. The fourth-order valence-electron chi connectivity index (χ4n) is 1.26. The van der Waals surface area contributed by atoms with E-state index in [0.717, 1.165) is 0 Å². The van der Waals surface area contributed by atoms with Crippen molar-refractivity contribution in [1.82, 2.24) is 0 Å². The first-order valence-electron chi connectivity index (χ1n) is 3.76. The molecule has 0 aromatic heterocycles. The molecule has 0 amide bonds. The van der Waals surface area contributed by atoms with Gasteiger partial charge in [-0.25, -0.2) is 0 Å². The molecule has 0 fully saturated rings. The van der Waals surface area contributed by atoms with E-state index in [1.807, 2.05) is 6.07 Å². The van der Waals surface area contributed by atoms with Gasteiger partial charge in [0, 0.05) is 4.83 Å². The molecule has 0 bridgehead atoms. The Labute approximate surface area is 75.1 Å². The molecular weight excluding hydrogens is 200 g/mol. The lowest BCUT2D eigenvalue weighted by molar-refractivity contribution is 1.03. The number of hydrogen-bond acceptors (Lipinski definition) is 0. The van der Waals surface area contributed by atoms with Crippen LogP contribution in [0.4, 0.5) is 0 Å². The summed E-state index contributed by atoms with van der Waals surface area (Å²) in [5, 5.41) is 0. The molecule has 1 aromatic carbocycles. The molecule has 0 nitrogen and oxygen atoms in total. The molecule has 1 unspecified atom stereocenters. The molecule has 56 valence electrons. The summed E-state index contributed by atoms with van der Waals surface area (Å²) in [6.45, 7) is 0. The van der Waals surface area contributed by atoms with Crippen molar-refractivity contribution in [2.24, 2.45) is 0 Å². The maximum absolute atomic E-state index is 3.52. The minimum atomic E-state index is 0.609. The Morgan fingerprint density at radius 2 is 1.82 bits per heavy atom. The fourth-order valence-corrected chi connectivity index (χ4v) is 1.93. The van der Waals surface area contributed by atoms with Gasteiger partial charge in [-0.2, -0.15) is 0 Å². The van der Waals surface area contributed by atoms with Crippen molar-refractivity contribution in [3.63, 3.8) is 0 Å². The maximum atomic E-state index is 3.52. The second-order valence-electron chi connectivity index (χ2n) is 2.78. The van der Waals surface area contributed by atoms with Crippen LogP contribution < -0.4 is 0 Å². The van der Waals surface area contributed by atoms with Crippen molar-refractivity contribution in [3.8, 4) is 0 Å². The smallest absolute Gasteiger partial charge is 0.0371 e. The zero-order chi connectivity index (χ0) is 7.68. The van der Waals surface area contributed by atoms with E-state index in [0.29, 0.717) is 4.83 Å². The molecule has 0 radical (unpaired) electrons. The number of rotatable bonds is 1. The van der Waals surface area contributed by atoms with Gasteiger partial charge in [-0.15, -0.1) is 0 Å². The summed E-state index contributed by atoms with van der Waals surface area (Å²) in [6, 6.07) is 10.5. The first kappa shape index (κ1) is 7.11. The average molecular weight is 209 g/mol. The lowest BCUT2D eigenvalue weighted by Crippen LogP contribution is -2.06. The van der Waals surface area contributed by atoms with Crippen LogP contribution >= 0.6 is 15.9 Å². The van der Waals surface area contributed by atoms with Gasteiger partial charge < -0.3 is 0 Å². The number of halogens is 1. The van der Waals surface area contributed by atoms with Gasteiger partial charge in [-0.05, 0) is 17.6 Å². The highest BCUT2D eigenvalue weighted by atomic mass is 79.9. The Morgan fingerprint density at radius 1 is 1.18 bits per heavy atom. The molecule has 1 heteroatoms. The molecule has 0 saturated heterocycles. The van der Waals surface area contributed by atoms with E-state index in [1.54, 1.807) is 0 Å². The van der Waals surface area contributed by atoms with E-state index < -0.39 is 0 Å². The van der Waals surface area contributed by atoms with Gasteiger partial charge in [0.05, 0.1) is 0 Å². The quantitative estimate of drug-likeness (QED) is 0.623. The summed E-state index contributed by atoms with van der Waals surface area (Å²) in [5.41, 5.74) is 2.83. The predicted molar refractivity (Wildman–Crippen MR) is 51.8 cm³/mol. The topological polar surface area (TPSA) is 0 Å². The van der Waals surface area contributed by atoms with Crippen molar-refractivity contribution in [2.45, 2.75) is 11.2 Å². The highest BCUT2D eigenvalue weighted by Crippen LogP contribution is 2.33. The van der Waals surface area contributed by atoms with Crippen molar-refractivity contribution in [2.75, 3.05) is 0 Å². The van der Waals surface area contributed by atoms with E-state index >= 15 is 0 Å². The van der Waals surface area contributed by atoms with Crippen LogP contribution in [0.3, 0.4) is 0 Å². The Hall–Kier alpha value is -0.560. The van der Waals surface area contributed by atoms with Crippen LogP contribution in [-0.2, 0) is 0 Å². The lowest BCUT2D eigenvalue weighted by atomic mass is 9.92. The van der Waals surface area contributed by atoms with E-state index in [9.17, 15) is 0 Å². The maximum Gasteiger partial charge on any atom is 0.0371 e. The molecule has 0 spiro atoms. The fraction of sp³-hybridized carbons (Fsp3) is 0.200. The zero-order valence-corrected chi connectivity index (χ0v) is 7.71. The van der Waals surface area contributed by atoms with Gasteiger partial charge in [-0.3, -0.25) is 0 Å². The molecule has 0 aliphatic heterocycles. The molecule has 1 atom stereocenters. The standard InChI is InChI=1S/C10H9Br/c11-10-6-9(7-10)8-4-2-1-3-5-8/h1-6,10H,7H2. The average Bonchev–Trinajstić information content (AvgIpc) is 2.01. The van der Waals surface area contributed by atoms with E-state index in [1.165, 1.54) is 17.6 Å². The molecule has 11 heavy (non-hydrogen) atoms. The molecule has 0 saturated carbocycles. The molecule has 0 N–H and O–H groups in total. The summed E-state index contributed by atoms with van der Waals surface area (Å²) in [7, 11) is 0. The first-order valence-corrected chi connectivity index (χ1v) is 4.68. The van der Waals surface area contributed by atoms with Crippen LogP contribution in [0.2, 0.25) is 0 Å². The molecule has 1 aliphatic rings. The van der Waals surface area contributed by atoms with Crippen LogP contribution in [0, 0.1) is 0 Å². The van der Waals surface area contributed by atoms with Crippen LogP contribution in [0.25, 0.3) is 5.57 Å². The second kappa shape index (κ2) is 2.82. The highest BCUT2D eigenvalue weighted by molar-refractivity contribution is 9.09. The molecular formula is C10H9Br. The third-order valence-electron chi connectivity index (χ3n) is 1.94. The van der Waals surface area contributed by atoms with Gasteiger partial charge in [0.1, 0.15) is 0 Å². The summed E-state index contributed by atoms with van der Waals surface area (Å²) >= 11 is 3.52. The Kier molecular flexibility index (Phi) is 1.82. The van der Waals surface area contributed by atoms with Crippen LogP contribution in [0.1, 0.15) is 12.0 Å². The van der Waals surface area contributed by atoms with Crippen molar-refractivity contribution in [3.05, 3.63) is 42.0 Å². The summed E-state index contributed by atoms with van der Waals surface area (Å²) in [6.07, 6.45) is 3.43. The molecule has 0 heterocycles. The van der Waals surface area contributed by atoms with E-state index in [-0.39, 0.29) is 0 Å². The van der Waals surface area contributed by atoms with Gasteiger partial charge in [0.15, 0.2) is 0 Å². The number of alkyl halides is 1. The Morgan fingerprint density at radius 3 is 2.36 bits per heavy atom. The SMILES string of the molecule is BrC1C=C(c2ccccc2)C1.